The number of aryl methyl sites for hydroxylation is 2. The topological polar surface area (TPSA) is 85.3 Å². The molecule has 0 saturated carbocycles. The van der Waals surface area contributed by atoms with Crippen molar-refractivity contribution >= 4 is 5.91 Å². The van der Waals surface area contributed by atoms with Crippen molar-refractivity contribution in [2.45, 2.75) is 26.2 Å². The van der Waals surface area contributed by atoms with E-state index in [0.717, 1.165) is 17.5 Å². The first-order chi connectivity index (χ1) is 12.1. The number of rotatable bonds is 3. The molecule has 3 aromatic rings. The lowest BCUT2D eigenvalue weighted by molar-refractivity contribution is 0.0785. The summed E-state index contributed by atoms with van der Waals surface area (Å²) in [6.07, 6.45) is 2.11. The Labute approximate surface area is 144 Å². The maximum Gasteiger partial charge on any atom is 0.276 e. The molecule has 1 saturated heterocycles. The Bertz CT molecular complexity index is 897. The van der Waals surface area contributed by atoms with Crippen LogP contribution in [0.5, 0.6) is 0 Å². The SMILES string of the molecule is Cc1ccc(-c2ocnc2C(=O)N2CC[C@@H](c3nc(C)no3)C2)cc1. The molecule has 1 aromatic carbocycles. The van der Waals surface area contributed by atoms with Gasteiger partial charge in [0.1, 0.15) is 0 Å². The number of nitrogens with zero attached hydrogens (tertiary/aromatic N) is 4. The second kappa shape index (κ2) is 6.16. The number of benzene rings is 1. The van der Waals surface area contributed by atoms with Crippen LogP contribution in [0, 0.1) is 13.8 Å². The molecule has 0 radical (unpaired) electrons. The van der Waals surface area contributed by atoms with Gasteiger partial charge in [0.15, 0.2) is 23.7 Å². The number of hydrogen-bond donors (Lipinski definition) is 0. The van der Waals surface area contributed by atoms with Crippen LogP contribution in [0.25, 0.3) is 11.3 Å². The zero-order chi connectivity index (χ0) is 17.4. The number of carbonyl (C=O) groups is 1. The molecule has 0 spiro atoms. The first kappa shape index (κ1) is 15.6. The quantitative estimate of drug-likeness (QED) is 0.730. The standard InChI is InChI=1S/C18H18N4O3/c1-11-3-5-13(6-4-11)16-15(19-10-24-16)18(23)22-8-7-14(9-22)17-20-12(2)21-25-17/h3-6,10,14H,7-9H2,1-2H3/t14-/m1/s1. The van der Waals surface area contributed by atoms with E-state index in [0.29, 0.717) is 36.3 Å². The van der Waals surface area contributed by atoms with Gasteiger partial charge in [-0.3, -0.25) is 4.79 Å². The van der Waals surface area contributed by atoms with Gasteiger partial charge in [-0.25, -0.2) is 4.98 Å². The van der Waals surface area contributed by atoms with Crippen molar-refractivity contribution in [1.29, 1.82) is 0 Å². The summed E-state index contributed by atoms with van der Waals surface area (Å²) >= 11 is 0. The van der Waals surface area contributed by atoms with Crippen LogP contribution in [0.1, 0.15) is 40.1 Å². The number of aromatic nitrogens is 3. The highest BCUT2D eigenvalue weighted by Gasteiger charge is 2.33. The highest BCUT2D eigenvalue weighted by atomic mass is 16.5. The van der Waals surface area contributed by atoms with Crippen LogP contribution in [0.15, 0.2) is 39.6 Å². The zero-order valence-corrected chi connectivity index (χ0v) is 14.1. The third-order valence-corrected chi connectivity index (χ3v) is 4.45. The summed E-state index contributed by atoms with van der Waals surface area (Å²) in [7, 11) is 0. The Morgan fingerprint density at radius 3 is 2.76 bits per heavy atom. The Balaban J connectivity index is 1.54. The summed E-state index contributed by atoms with van der Waals surface area (Å²) in [6.45, 7) is 4.97. The van der Waals surface area contributed by atoms with Gasteiger partial charge < -0.3 is 13.8 Å². The van der Waals surface area contributed by atoms with E-state index in [1.165, 1.54) is 6.39 Å². The van der Waals surface area contributed by atoms with Crippen LogP contribution >= 0.6 is 0 Å². The summed E-state index contributed by atoms with van der Waals surface area (Å²) in [5.74, 6) is 1.63. The minimum atomic E-state index is -0.136. The van der Waals surface area contributed by atoms with Gasteiger partial charge in [-0.2, -0.15) is 4.98 Å². The molecule has 4 rings (SSSR count). The van der Waals surface area contributed by atoms with Gasteiger partial charge in [0.05, 0.1) is 5.92 Å². The Hall–Kier alpha value is -2.96. The van der Waals surface area contributed by atoms with Gasteiger partial charge in [0, 0.05) is 18.7 Å². The van der Waals surface area contributed by atoms with E-state index >= 15 is 0 Å². The van der Waals surface area contributed by atoms with E-state index in [4.69, 9.17) is 8.94 Å². The normalized spacial score (nSPS) is 17.2. The molecule has 25 heavy (non-hydrogen) atoms. The van der Waals surface area contributed by atoms with Gasteiger partial charge in [0.25, 0.3) is 5.91 Å². The van der Waals surface area contributed by atoms with Crippen molar-refractivity contribution in [2.24, 2.45) is 0 Å². The molecular weight excluding hydrogens is 320 g/mol. The zero-order valence-electron chi connectivity index (χ0n) is 14.1. The number of likely N-dealkylation sites (tertiary alicyclic amines) is 1. The Morgan fingerprint density at radius 1 is 1.24 bits per heavy atom. The molecule has 7 nitrogen and oxygen atoms in total. The minimum Gasteiger partial charge on any atom is -0.443 e. The average Bonchev–Trinajstić information content (AvgIpc) is 3.35. The molecule has 128 valence electrons. The first-order valence-corrected chi connectivity index (χ1v) is 8.22. The predicted molar refractivity (Wildman–Crippen MR) is 89.0 cm³/mol. The lowest BCUT2D eigenvalue weighted by atomic mass is 10.1. The molecule has 0 aliphatic carbocycles. The summed E-state index contributed by atoms with van der Waals surface area (Å²) in [4.78, 5) is 23.1. The van der Waals surface area contributed by atoms with E-state index in [1.54, 1.807) is 11.8 Å². The summed E-state index contributed by atoms with van der Waals surface area (Å²) in [6, 6.07) is 7.83. The summed E-state index contributed by atoms with van der Waals surface area (Å²) < 4.78 is 10.7. The largest absolute Gasteiger partial charge is 0.443 e. The minimum absolute atomic E-state index is 0.0693. The fourth-order valence-corrected chi connectivity index (χ4v) is 3.08. The lowest BCUT2D eigenvalue weighted by Gasteiger charge is -2.14. The summed E-state index contributed by atoms with van der Waals surface area (Å²) in [5, 5.41) is 3.82. The van der Waals surface area contributed by atoms with Crippen molar-refractivity contribution in [1.82, 2.24) is 20.0 Å². The van der Waals surface area contributed by atoms with Gasteiger partial charge in [-0.15, -0.1) is 0 Å². The smallest absolute Gasteiger partial charge is 0.276 e. The maximum absolute atomic E-state index is 12.9. The second-order valence-electron chi connectivity index (χ2n) is 6.31. The van der Waals surface area contributed by atoms with Gasteiger partial charge in [-0.1, -0.05) is 35.0 Å². The van der Waals surface area contributed by atoms with Gasteiger partial charge in [0.2, 0.25) is 5.89 Å². The van der Waals surface area contributed by atoms with Crippen LogP contribution in [0.2, 0.25) is 0 Å². The van der Waals surface area contributed by atoms with Crippen LogP contribution < -0.4 is 0 Å². The molecule has 0 bridgehead atoms. The number of hydrogen-bond acceptors (Lipinski definition) is 6. The molecule has 3 heterocycles. The second-order valence-corrected chi connectivity index (χ2v) is 6.31. The molecule has 2 aromatic heterocycles. The first-order valence-electron chi connectivity index (χ1n) is 8.22. The van der Waals surface area contributed by atoms with Crippen LogP contribution in [-0.4, -0.2) is 39.0 Å². The van der Waals surface area contributed by atoms with Crippen molar-refractivity contribution in [3.63, 3.8) is 0 Å². The van der Waals surface area contributed by atoms with Gasteiger partial charge in [-0.05, 0) is 20.3 Å². The fourth-order valence-electron chi connectivity index (χ4n) is 3.08. The van der Waals surface area contributed by atoms with Crippen molar-refractivity contribution in [3.05, 3.63) is 53.6 Å². The van der Waals surface area contributed by atoms with Crippen LogP contribution in [-0.2, 0) is 0 Å². The summed E-state index contributed by atoms with van der Waals surface area (Å²) in [5.41, 5.74) is 2.33. The monoisotopic (exact) mass is 338 g/mol. The highest BCUT2D eigenvalue weighted by Crippen LogP contribution is 2.29. The number of carbonyl (C=O) groups excluding carboxylic acids is 1. The average molecular weight is 338 g/mol. The lowest BCUT2D eigenvalue weighted by Crippen LogP contribution is -2.29. The molecule has 1 fully saturated rings. The van der Waals surface area contributed by atoms with E-state index < -0.39 is 0 Å². The molecule has 0 N–H and O–H groups in total. The van der Waals surface area contributed by atoms with Crippen LogP contribution in [0.4, 0.5) is 0 Å². The Morgan fingerprint density at radius 2 is 2.04 bits per heavy atom. The van der Waals surface area contributed by atoms with Crippen molar-refractivity contribution in [3.8, 4) is 11.3 Å². The maximum atomic E-state index is 12.9. The predicted octanol–water partition coefficient (Wildman–Crippen LogP) is 2.97. The van der Waals surface area contributed by atoms with E-state index in [-0.39, 0.29) is 11.8 Å². The molecule has 1 aliphatic rings. The van der Waals surface area contributed by atoms with Crippen LogP contribution in [0.3, 0.4) is 0 Å². The highest BCUT2D eigenvalue weighted by molar-refractivity contribution is 5.97. The van der Waals surface area contributed by atoms with Crippen molar-refractivity contribution < 1.29 is 13.7 Å². The fraction of sp³-hybridized carbons (Fsp3) is 0.333. The molecule has 1 atom stereocenters. The Kier molecular flexibility index (Phi) is 3.83. The third-order valence-electron chi connectivity index (χ3n) is 4.45. The number of oxazole rings is 1. The van der Waals surface area contributed by atoms with Gasteiger partial charge >= 0.3 is 0 Å². The molecular formula is C18H18N4O3. The number of amides is 1. The molecule has 1 amide bonds. The molecule has 0 unspecified atom stereocenters. The van der Waals surface area contributed by atoms with Crippen molar-refractivity contribution in [2.75, 3.05) is 13.1 Å². The molecule has 1 aliphatic heterocycles. The van der Waals surface area contributed by atoms with E-state index in [1.807, 2.05) is 31.2 Å². The van der Waals surface area contributed by atoms with E-state index in [2.05, 4.69) is 15.1 Å². The van der Waals surface area contributed by atoms with E-state index in [9.17, 15) is 4.79 Å². The third kappa shape index (κ3) is 2.93. The molecule has 7 heteroatoms.